The minimum absolute atomic E-state index is 0.0858. The summed E-state index contributed by atoms with van der Waals surface area (Å²) in [6, 6.07) is 12.0. The van der Waals surface area contributed by atoms with Gasteiger partial charge in [0, 0.05) is 6.07 Å². The number of hydrogen-bond donors (Lipinski definition) is 2. The van der Waals surface area contributed by atoms with E-state index in [1.165, 1.54) is 12.1 Å². The molecule has 1 heterocycles. The fourth-order valence-corrected chi connectivity index (χ4v) is 1.28. The molecular weight excluding hydrogens is 234 g/mol. The summed E-state index contributed by atoms with van der Waals surface area (Å²) in [4.78, 5) is 27.3. The molecule has 2 rings (SSSR count). The van der Waals surface area contributed by atoms with Crippen LogP contribution < -0.4 is 11.0 Å². The SMILES string of the molecule is O=C(NOCc1ccccc1)c1ccc(=O)[nH]n1. The summed E-state index contributed by atoms with van der Waals surface area (Å²) in [5.41, 5.74) is 2.90. The van der Waals surface area contributed by atoms with Crippen molar-refractivity contribution in [2.45, 2.75) is 6.61 Å². The first kappa shape index (κ1) is 12.0. The van der Waals surface area contributed by atoms with Gasteiger partial charge < -0.3 is 0 Å². The summed E-state index contributed by atoms with van der Waals surface area (Å²) >= 11 is 0. The lowest BCUT2D eigenvalue weighted by Gasteiger charge is -2.04. The molecule has 0 fully saturated rings. The predicted molar refractivity (Wildman–Crippen MR) is 63.6 cm³/mol. The second-order valence-corrected chi connectivity index (χ2v) is 3.51. The fourth-order valence-electron chi connectivity index (χ4n) is 1.28. The highest BCUT2D eigenvalue weighted by Gasteiger charge is 2.06. The highest BCUT2D eigenvalue weighted by Crippen LogP contribution is 1.99. The van der Waals surface area contributed by atoms with Gasteiger partial charge in [-0.1, -0.05) is 30.3 Å². The normalized spacial score (nSPS) is 10.0. The Kier molecular flexibility index (Phi) is 3.83. The van der Waals surface area contributed by atoms with Crippen molar-refractivity contribution in [3.05, 3.63) is 64.1 Å². The number of hydrogen-bond acceptors (Lipinski definition) is 4. The van der Waals surface area contributed by atoms with E-state index in [0.717, 1.165) is 5.56 Å². The summed E-state index contributed by atoms with van der Waals surface area (Å²) in [6.45, 7) is 0.260. The van der Waals surface area contributed by atoms with Gasteiger partial charge in [-0.25, -0.2) is 10.6 Å². The van der Waals surface area contributed by atoms with Crippen LogP contribution in [0.3, 0.4) is 0 Å². The first-order chi connectivity index (χ1) is 8.75. The van der Waals surface area contributed by atoms with E-state index in [4.69, 9.17) is 4.84 Å². The molecule has 1 amide bonds. The maximum atomic E-state index is 11.5. The van der Waals surface area contributed by atoms with E-state index >= 15 is 0 Å². The molecule has 6 heteroatoms. The van der Waals surface area contributed by atoms with Crippen LogP contribution in [0.15, 0.2) is 47.3 Å². The largest absolute Gasteiger partial charge is 0.295 e. The molecule has 0 unspecified atom stereocenters. The minimum Gasteiger partial charge on any atom is -0.269 e. The highest BCUT2D eigenvalue weighted by atomic mass is 16.6. The Morgan fingerprint density at radius 3 is 2.67 bits per heavy atom. The number of H-pyrrole nitrogens is 1. The average Bonchev–Trinajstić information content (AvgIpc) is 2.40. The van der Waals surface area contributed by atoms with Gasteiger partial charge >= 0.3 is 0 Å². The minimum atomic E-state index is -0.512. The van der Waals surface area contributed by atoms with E-state index in [0.29, 0.717) is 0 Å². The predicted octanol–water partition coefficient (Wildman–Crippen LogP) is 0.631. The third-order valence-electron chi connectivity index (χ3n) is 2.16. The first-order valence-electron chi connectivity index (χ1n) is 5.27. The van der Waals surface area contributed by atoms with Crippen LogP contribution in [0.25, 0.3) is 0 Å². The Labute approximate surface area is 103 Å². The Hall–Kier alpha value is -2.47. The molecular formula is C12H11N3O3. The Morgan fingerprint density at radius 1 is 1.22 bits per heavy atom. The standard InChI is InChI=1S/C12H11N3O3/c16-11-7-6-10(13-14-11)12(17)15-18-8-9-4-2-1-3-5-9/h1-7H,8H2,(H,14,16)(H,15,17). The van der Waals surface area contributed by atoms with Crippen LogP contribution in [0.1, 0.15) is 16.1 Å². The number of amides is 1. The van der Waals surface area contributed by atoms with Crippen molar-refractivity contribution in [1.29, 1.82) is 0 Å². The third kappa shape index (κ3) is 3.26. The van der Waals surface area contributed by atoms with Gasteiger partial charge in [-0.05, 0) is 11.6 Å². The molecule has 0 aliphatic carbocycles. The molecule has 2 N–H and O–H groups in total. The lowest BCUT2D eigenvalue weighted by atomic mass is 10.2. The highest BCUT2D eigenvalue weighted by molar-refractivity contribution is 5.91. The molecule has 0 saturated heterocycles. The van der Waals surface area contributed by atoms with E-state index < -0.39 is 5.91 Å². The molecule has 6 nitrogen and oxygen atoms in total. The Bertz CT molecular complexity index is 560. The lowest BCUT2D eigenvalue weighted by Crippen LogP contribution is -2.25. The van der Waals surface area contributed by atoms with Crippen LogP contribution in [-0.2, 0) is 11.4 Å². The average molecular weight is 245 g/mol. The monoisotopic (exact) mass is 245 g/mol. The zero-order chi connectivity index (χ0) is 12.8. The number of carbonyl (C=O) groups is 1. The molecule has 1 aromatic carbocycles. The summed E-state index contributed by atoms with van der Waals surface area (Å²) in [6.07, 6.45) is 0. The number of rotatable bonds is 4. The van der Waals surface area contributed by atoms with Gasteiger partial charge in [-0.3, -0.25) is 14.4 Å². The molecule has 92 valence electrons. The van der Waals surface area contributed by atoms with Gasteiger partial charge in [-0.2, -0.15) is 5.10 Å². The van der Waals surface area contributed by atoms with Crippen molar-refractivity contribution < 1.29 is 9.63 Å². The van der Waals surface area contributed by atoms with Crippen molar-refractivity contribution in [3.63, 3.8) is 0 Å². The van der Waals surface area contributed by atoms with Crippen LogP contribution in [0.5, 0.6) is 0 Å². The van der Waals surface area contributed by atoms with Crippen LogP contribution in [-0.4, -0.2) is 16.1 Å². The third-order valence-corrected chi connectivity index (χ3v) is 2.16. The van der Waals surface area contributed by atoms with Crippen molar-refractivity contribution in [3.8, 4) is 0 Å². The number of nitrogens with one attached hydrogen (secondary N) is 2. The molecule has 0 spiro atoms. The molecule has 0 saturated carbocycles. The van der Waals surface area contributed by atoms with Crippen LogP contribution in [0.2, 0.25) is 0 Å². The van der Waals surface area contributed by atoms with Gasteiger partial charge in [0.05, 0.1) is 6.61 Å². The fraction of sp³-hybridized carbons (Fsp3) is 0.0833. The van der Waals surface area contributed by atoms with E-state index in [9.17, 15) is 9.59 Å². The number of benzene rings is 1. The number of aromatic nitrogens is 2. The summed E-state index contributed by atoms with van der Waals surface area (Å²) in [7, 11) is 0. The van der Waals surface area contributed by atoms with Crippen molar-refractivity contribution >= 4 is 5.91 Å². The zero-order valence-corrected chi connectivity index (χ0v) is 9.42. The van der Waals surface area contributed by atoms with Gasteiger partial charge in [0.1, 0.15) is 0 Å². The number of nitrogens with zero attached hydrogens (tertiary/aromatic N) is 1. The van der Waals surface area contributed by atoms with Crippen molar-refractivity contribution in [1.82, 2.24) is 15.7 Å². The van der Waals surface area contributed by atoms with Gasteiger partial charge in [0.25, 0.3) is 11.5 Å². The van der Waals surface area contributed by atoms with Gasteiger partial charge in [0.2, 0.25) is 0 Å². The van der Waals surface area contributed by atoms with E-state index in [-0.39, 0.29) is 17.9 Å². The Balaban J connectivity index is 1.85. The molecule has 0 aliphatic heterocycles. The van der Waals surface area contributed by atoms with Gasteiger partial charge in [0.15, 0.2) is 5.69 Å². The summed E-state index contributed by atoms with van der Waals surface area (Å²) < 4.78 is 0. The second-order valence-electron chi connectivity index (χ2n) is 3.51. The van der Waals surface area contributed by atoms with Crippen LogP contribution in [0.4, 0.5) is 0 Å². The Morgan fingerprint density at radius 2 is 2.00 bits per heavy atom. The number of carbonyl (C=O) groups excluding carboxylic acids is 1. The van der Waals surface area contributed by atoms with Crippen molar-refractivity contribution in [2.24, 2.45) is 0 Å². The number of aromatic amines is 1. The summed E-state index contributed by atoms with van der Waals surface area (Å²) in [5, 5.41) is 5.74. The molecule has 0 bridgehead atoms. The molecule has 0 aliphatic rings. The first-order valence-corrected chi connectivity index (χ1v) is 5.27. The van der Waals surface area contributed by atoms with E-state index in [1.54, 1.807) is 0 Å². The van der Waals surface area contributed by atoms with Crippen LogP contribution >= 0.6 is 0 Å². The van der Waals surface area contributed by atoms with E-state index in [1.807, 2.05) is 30.3 Å². The molecule has 1 aromatic heterocycles. The molecule has 18 heavy (non-hydrogen) atoms. The number of hydroxylamine groups is 1. The summed E-state index contributed by atoms with van der Waals surface area (Å²) in [5.74, 6) is -0.512. The maximum absolute atomic E-state index is 11.5. The van der Waals surface area contributed by atoms with E-state index in [2.05, 4.69) is 15.7 Å². The van der Waals surface area contributed by atoms with Crippen molar-refractivity contribution in [2.75, 3.05) is 0 Å². The maximum Gasteiger partial charge on any atom is 0.295 e. The zero-order valence-electron chi connectivity index (χ0n) is 9.42. The lowest BCUT2D eigenvalue weighted by molar-refractivity contribution is 0.0228. The topological polar surface area (TPSA) is 84.1 Å². The second kappa shape index (κ2) is 5.74. The quantitative estimate of drug-likeness (QED) is 0.774. The van der Waals surface area contributed by atoms with Crippen LogP contribution in [0, 0.1) is 0 Å². The molecule has 0 atom stereocenters. The molecule has 2 aromatic rings. The van der Waals surface area contributed by atoms with Gasteiger partial charge in [-0.15, -0.1) is 0 Å². The molecule has 0 radical (unpaired) electrons. The smallest absolute Gasteiger partial charge is 0.269 e.